The van der Waals surface area contributed by atoms with E-state index in [2.05, 4.69) is 46.1 Å². The van der Waals surface area contributed by atoms with E-state index < -0.39 is 0 Å². The van der Waals surface area contributed by atoms with Crippen LogP contribution >= 0.6 is 0 Å². The summed E-state index contributed by atoms with van der Waals surface area (Å²) in [5, 5.41) is 15.7. The second-order valence-corrected chi connectivity index (χ2v) is 8.75. The molecule has 1 aliphatic heterocycles. The predicted octanol–water partition coefficient (Wildman–Crippen LogP) is 0.908. The van der Waals surface area contributed by atoms with Gasteiger partial charge >= 0.3 is 0 Å². The maximum atomic E-state index is 12.8. The zero-order valence-corrected chi connectivity index (χ0v) is 18.2. The first-order chi connectivity index (χ1) is 14.8. The molecule has 1 saturated heterocycles. The number of piperazine rings is 1. The van der Waals surface area contributed by atoms with Crippen LogP contribution in [0.5, 0.6) is 0 Å². The van der Waals surface area contributed by atoms with Crippen molar-refractivity contribution >= 4 is 5.91 Å². The zero-order valence-electron chi connectivity index (χ0n) is 18.2. The van der Waals surface area contributed by atoms with Gasteiger partial charge in [0.05, 0.1) is 6.54 Å². The number of rotatable bonds is 5. The standard InChI is InChI=1S/C21H28N8O2/c1-21(2,3)17-15-16(23-24-17)20(31)27-12-9-26(10-13-27)11-14-29-19(30)6-5-18(25-29)28-8-4-7-22-28/h4-8,15H,9-14H2,1-3H3,(H,23,24). The van der Waals surface area contributed by atoms with Crippen LogP contribution < -0.4 is 5.56 Å². The summed E-state index contributed by atoms with van der Waals surface area (Å²) in [4.78, 5) is 29.0. The van der Waals surface area contributed by atoms with Crippen molar-refractivity contribution in [2.24, 2.45) is 0 Å². The van der Waals surface area contributed by atoms with Gasteiger partial charge in [0.15, 0.2) is 5.82 Å². The van der Waals surface area contributed by atoms with Crippen LogP contribution in [0.1, 0.15) is 37.0 Å². The fourth-order valence-corrected chi connectivity index (χ4v) is 3.51. The van der Waals surface area contributed by atoms with Crippen molar-refractivity contribution in [2.75, 3.05) is 32.7 Å². The summed E-state index contributed by atoms with van der Waals surface area (Å²) >= 11 is 0. The van der Waals surface area contributed by atoms with Gasteiger partial charge in [-0.3, -0.25) is 19.6 Å². The first-order valence-corrected chi connectivity index (χ1v) is 10.5. The van der Waals surface area contributed by atoms with Crippen molar-refractivity contribution < 1.29 is 4.79 Å². The number of carbonyl (C=O) groups is 1. The van der Waals surface area contributed by atoms with E-state index in [0.29, 0.717) is 37.7 Å². The van der Waals surface area contributed by atoms with Gasteiger partial charge in [0.2, 0.25) is 0 Å². The minimum atomic E-state index is -0.141. The molecular weight excluding hydrogens is 396 g/mol. The van der Waals surface area contributed by atoms with Crippen LogP contribution in [0.15, 0.2) is 41.5 Å². The van der Waals surface area contributed by atoms with Crippen LogP contribution in [0.3, 0.4) is 0 Å². The number of aromatic nitrogens is 6. The van der Waals surface area contributed by atoms with E-state index in [-0.39, 0.29) is 16.9 Å². The number of H-pyrrole nitrogens is 1. The third-order valence-corrected chi connectivity index (χ3v) is 5.48. The Balaban J connectivity index is 1.32. The Labute approximate surface area is 180 Å². The molecule has 0 aliphatic carbocycles. The van der Waals surface area contributed by atoms with Gasteiger partial charge in [-0.05, 0) is 18.2 Å². The van der Waals surface area contributed by atoms with Gasteiger partial charge in [0.25, 0.3) is 11.5 Å². The van der Waals surface area contributed by atoms with E-state index in [1.54, 1.807) is 23.1 Å². The minimum Gasteiger partial charge on any atom is -0.335 e. The topological polar surface area (TPSA) is 105 Å². The Hall–Kier alpha value is -3.27. The molecule has 0 unspecified atom stereocenters. The predicted molar refractivity (Wildman–Crippen MR) is 115 cm³/mol. The first-order valence-electron chi connectivity index (χ1n) is 10.5. The van der Waals surface area contributed by atoms with Gasteiger partial charge in [0, 0.05) is 62.3 Å². The highest BCUT2D eigenvalue weighted by Gasteiger charge is 2.25. The average Bonchev–Trinajstić information content (AvgIpc) is 3.45. The van der Waals surface area contributed by atoms with Crippen LogP contribution in [-0.2, 0) is 12.0 Å². The third kappa shape index (κ3) is 4.74. The molecule has 4 rings (SSSR count). The van der Waals surface area contributed by atoms with Crippen LogP contribution in [0, 0.1) is 0 Å². The molecule has 10 nitrogen and oxygen atoms in total. The van der Waals surface area contributed by atoms with E-state index in [4.69, 9.17) is 0 Å². The summed E-state index contributed by atoms with van der Waals surface area (Å²) in [6, 6.07) is 6.83. The van der Waals surface area contributed by atoms with Crippen LogP contribution in [0.25, 0.3) is 5.82 Å². The summed E-state index contributed by atoms with van der Waals surface area (Å²) < 4.78 is 3.09. The van der Waals surface area contributed by atoms with Crippen molar-refractivity contribution in [1.82, 2.24) is 39.6 Å². The highest BCUT2D eigenvalue weighted by Crippen LogP contribution is 2.21. The summed E-state index contributed by atoms with van der Waals surface area (Å²) in [6.45, 7) is 10.2. The highest BCUT2D eigenvalue weighted by molar-refractivity contribution is 5.92. The van der Waals surface area contributed by atoms with Crippen molar-refractivity contribution in [2.45, 2.75) is 32.7 Å². The van der Waals surface area contributed by atoms with Gasteiger partial charge in [0.1, 0.15) is 5.69 Å². The number of aromatic amines is 1. The largest absolute Gasteiger partial charge is 0.335 e. The smallest absolute Gasteiger partial charge is 0.274 e. The van der Waals surface area contributed by atoms with Gasteiger partial charge < -0.3 is 4.90 Å². The quantitative estimate of drug-likeness (QED) is 0.653. The van der Waals surface area contributed by atoms with Crippen molar-refractivity contribution in [3.63, 3.8) is 0 Å². The Kier molecular flexibility index (Phi) is 5.73. The lowest BCUT2D eigenvalue weighted by atomic mass is 9.92. The Morgan fingerprint density at radius 3 is 2.55 bits per heavy atom. The zero-order chi connectivity index (χ0) is 22.0. The maximum Gasteiger partial charge on any atom is 0.274 e. The molecule has 4 heterocycles. The summed E-state index contributed by atoms with van der Waals surface area (Å²) in [5.74, 6) is 0.560. The molecule has 164 valence electrons. The Morgan fingerprint density at radius 1 is 1.13 bits per heavy atom. The molecule has 0 bridgehead atoms. The third-order valence-electron chi connectivity index (χ3n) is 5.48. The first kappa shape index (κ1) is 21.0. The number of hydrogen-bond acceptors (Lipinski definition) is 6. The molecule has 3 aromatic rings. The second-order valence-electron chi connectivity index (χ2n) is 8.75. The molecule has 0 saturated carbocycles. The molecule has 3 aromatic heterocycles. The molecule has 0 aromatic carbocycles. The molecule has 0 radical (unpaired) electrons. The molecule has 10 heteroatoms. The molecule has 0 spiro atoms. The number of nitrogens with one attached hydrogen (secondary N) is 1. The van der Waals surface area contributed by atoms with E-state index in [9.17, 15) is 9.59 Å². The number of hydrogen-bond donors (Lipinski definition) is 1. The molecule has 0 atom stereocenters. The van der Waals surface area contributed by atoms with Gasteiger partial charge in [-0.15, -0.1) is 5.10 Å². The van der Waals surface area contributed by atoms with Gasteiger partial charge in [-0.1, -0.05) is 20.8 Å². The van der Waals surface area contributed by atoms with Crippen LogP contribution in [-0.4, -0.2) is 78.2 Å². The van der Waals surface area contributed by atoms with E-state index in [1.807, 2.05) is 17.0 Å². The van der Waals surface area contributed by atoms with E-state index in [1.165, 1.54) is 10.7 Å². The normalized spacial score (nSPS) is 15.4. The fourth-order valence-electron chi connectivity index (χ4n) is 3.51. The Morgan fingerprint density at radius 2 is 1.90 bits per heavy atom. The van der Waals surface area contributed by atoms with E-state index in [0.717, 1.165) is 18.8 Å². The summed E-state index contributed by atoms with van der Waals surface area (Å²) in [5.41, 5.74) is 1.19. The van der Waals surface area contributed by atoms with Crippen molar-refractivity contribution in [3.8, 4) is 5.82 Å². The SMILES string of the molecule is CC(C)(C)c1cc(C(=O)N2CCN(CCn3nc(-n4cccn4)ccc3=O)CC2)n[nH]1. The lowest BCUT2D eigenvalue weighted by Crippen LogP contribution is -2.49. The average molecular weight is 425 g/mol. The lowest BCUT2D eigenvalue weighted by Gasteiger charge is -2.34. The monoisotopic (exact) mass is 424 g/mol. The molecule has 1 N–H and O–H groups in total. The van der Waals surface area contributed by atoms with Crippen molar-refractivity contribution in [1.29, 1.82) is 0 Å². The molecular formula is C21H28N8O2. The van der Waals surface area contributed by atoms with Crippen LogP contribution in [0.4, 0.5) is 0 Å². The van der Waals surface area contributed by atoms with Crippen molar-refractivity contribution in [3.05, 3.63) is 58.4 Å². The number of amides is 1. The van der Waals surface area contributed by atoms with E-state index >= 15 is 0 Å². The molecule has 1 amide bonds. The van der Waals surface area contributed by atoms with Gasteiger partial charge in [-0.2, -0.15) is 10.2 Å². The van der Waals surface area contributed by atoms with Crippen LogP contribution in [0.2, 0.25) is 0 Å². The second kappa shape index (κ2) is 8.46. The fraction of sp³-hybridized carbons (Fsp3) is 0.476. The lowest BCUT2D eigenvalue weighted by molar-refractivity contribution is 0.0625. The molecule has 1 aliphatic rings. The molecule has 1 fully saturated rings. The summed E-state index contributed by atoms with van der Waals surface area (Å²) in [7, 11) is 0. The number of nitrogens with zero attached hydrogens (tertiary/aromatic N) is 7. The Bertz CT molecular complexity index is 1090. The minimum absolute atomic E-state index is 0.0452. The highest BCUT2D eigenvalue weighted by atomic mass is 16.2. The van der Waals surface area contributed by atoms with Gasteiger partial charge in [-0.25, -0.2) is 9.36 Å². The molecule has 31 heavy (non-hydrogen) atoms. The summed E-state index contributed by atoms with van der Waals surface area (Å²) in [6.07, 6.45) is 3.46. The number of carbonyl (C=O) groups excluding carboxylic acids is 1. The maximum absolute atomic E-state index is 12.8.